The van der Waals surface area contributed by atoms with Crippen molar-refractivity contribution in [2.24, 2.45) is 5.92 Å². The van der Waals surface area contributed by atoms with E-state index in [2.05, 4.69) is 24.5 Å². The Balaban J connectivity index is 3.76. The van der Waals surface area contributed by atoms with Crippen molar-refractivity contribution >= 4 is 11.8 Å². The highest BCUT2D eigenvalue weighted by molar-refractivity contribution is 6.35. The van der Waals surface area contributed by atoms with Gasteiger partial charge in [-0.1, -0.05) is 33.1 Å². The maximum atomic E-state index is 11.7. The van der Waals surface area contributed by atoms with Crippen molar-refractivity contribution in [3.8, 4) is 0 Å². The van der Waals surface area contributed by atoms with Gasteiger partial charge in [0, 0.05) is 19.7 Å². The molecule has 0 saturated heterocycles. The second-order valence-corrected chi connectivity index (χ2v) is 5.66. The van der Waals surface area contributed by atoms with E-state index in [1.54, 1.807) is 0 Å². The zero-order valence-corrected chi connectivity index (χ0v) is 14.0. The molecule has 0 spiro atoms. The summed E-state index contributed by atoms with van der Waals surface area (Å²) >= 11 is 0. The van der Waals surface area contributed by atoms with Crippen LogP contribution in [0.25, 0.3) is 0 Å². The summed E-state index contributed by atoms with van der Waals surface area (Å²) in [6, 6.07) is 0. The molecule has 0 saturated carbocycles. The summed E-state index contributed by atoms with van der Waals surface area (Å²) in [5.74, 6) is -0.624. The number of amides is 2. The van der Waals surface area contributed by atoms with E-state index in [-0.39, 0.29) is 6.10 Å². The molecule has 0 aliphatic heterocycles. The third-order valence-corrected chi connectivity index (χ3v) is 3.36. The van der Waals surface area contributed by atoms with Gasteiger partial charge in [-0.2, -0.15) is 0 Å². The molecule has 0 radical (unpaired) electrons. The van der Waals surface area contributed by atoms with Gasteiger partial charge in [0.15, 0.2) is 0 Å². The Bertz CT molecular complexity index is 293. The maximum Gasteiger partial charge on any atom is 0.309 e. The van der Waals surface area contributed by atoms with Crippen molar-refractivity contribution in [3.63, 3.8) is 0 Å². The van der Waals surface area contributed by atoms with Gasteiger partial charge in [-0.05, 0) is 32.6 Å². The van der Waals surface area contributed by atoms with Crippen LogP contribution in [0.4, 0.5) is 0 Å². The molecule has 2 N–H and O–H groups in total. The molecule has 0 aliphatic carbocycles. The first-order valence-electron chi connectivity index (χ1n) is 8.18. The van der Waals surface area contributed by atoms with Crippen molar-refractivity contribution in [1.29, 1.82) is 0 Å². The van der Waals surface area contributed by atoms with Crippen molar-refractivity contribution < 1.29 is 14.3 Å². The van der Waals surface area contributed by atoms with E-state index in [1.807, 2.05) is 13.8 Å². The molecule has 0 fully saturated rings. The number of nitrogens with one attached hydrogen (secondary N) is 2. The van der Waals surface area contributed by atoms with Gasteiger partial charge in [-0.3, -0.25) is 9.59 Å². The molecule has 0 heterocycles. The topological polar surface area (TPSA) is 67.4 Å². The molecule has 0 rings (SSSR count). The van der Waals surface area contributed by atoms with Crippen LogP contribution in [-0.4, -0.2) is 37.6 Å². The molecule has 1 atom stereocenters. The maximum absolute atomic E-state index is 11.7. The van der Waals surface area contributed by atoms with Crippen LogP contribution in [0.15, 0.2) is 0 Å². The minimum atomic E-state index is -0.551. The molecule has 0 aromatic rings. The van der Waals surface area contributed by atoms with Crippen LogP contribution < -0.4 is 10.6 Å². The van der Waals surface area contributed by atoms with E-state index in [9.17, 15) is 9.59 Å². The van der Waals surface area contributed by atoms with Crippen LogP contribution in [0.3, 0.4) is 0 Å². The molecule has 5 nitrogen and oxygen atoms in total. The molecular formula is C16H32N2O3. The summed E-state index contributed by atoms with van der Waals surface area (Å²) in [5, 5.41) is 5.33. The molecule has 21 heavy (non-hydrogen) atoms. The van der Waals surface area contributed by atoms with E-state index >= 15 is 0 Å². The van der Waals surface area contributed by atoms with Crippen LogP contribution in [0.2, 0.25) is 0 Å². The van der Waals surface area contributed by atoms with E-state index in [0.717, 1.165) is 25.7 Å². The van der Waals surface area contributed by atoms with Crippen LogP contribution >= 0.6 is 0 Å². The SMILES string of the molecule is CCCCC(CC)CNC(=O)C(=O)NCCCOC(C)C. The zero-order chi connectivity index (χ0) is 16.1. The first-order valence-corrected chi connectivity index (χ1v) is 8.18. The van der Waals surface area contributed by atoms with E-state index in [1.165, 1.54) is 0 Å². The predicted octanol–water partition coefficient (Wildman–Crippen LogP) is 2.25. The highest BCUT2D eigenvalue weighted by atomic mass is 16.5. The zero-order valence-electron chi connectivity index (χ0n) is 14.0. The van der Waals surface area contributed by atoms with E-state index < -0.39 is 11.8 Å². The Morgan fingerprint density at radius 2 is 1.71 bits per heavy atom. The lowest BCUT2D eigenvalue weighted by molar-refractivity contribution is -0.139. The Kier molecular flexibility index (Phi) is 12.0. The average Bonchev–Trinajstić information content (AvgIpc) is 2.46. The predicted molar refractivity (Wildman–Crippen MR) is 85.0 cm³/mol. The molecule has 5 heteroatoms. The Morgan fingerprint density at radius 3 is 2.29 bits per heavy atom. The third-order valence-electron chi connectivity index (χ3n) is 3.36. The summed E-state index contributed by atoms with van der Waals surface area (Å²) in [6.07, 6.45) is 5.35. The quantitative estimate of drug-likeness (QED) is 0.454. The number of ether oxygens (including phenoxy) is 1. The second kappa shape index (κ2) is 12.6. The molecule has 0 bridgehead atoms. The first kappa shape index (κ1) is 19.9. The van der Waals surface area contributed by atoms with Gasteiger partial charge in [0.2, 0.25) is 0 Å². The number of carbonyl (C=O) groups is 2. The summed E-state index contributed by atoms with van der Waals surface area (Å²) in [5.41, 5.74) is 0. The molecule has 1 unspecified atom stereocenters. The van der Waals surface area contributed by atoms with E-state index in [4.69, 9.17) is 4.74 Å². The summed E-state index contributed by atoms with van der Waals surface area (Å²) in [7, 11) is 0. The number of hydrogen-bond acceptors (Lipinski definition) is 3. The molecule has 124 valence electrons. The number of hydrogen-bond donors (Lipinski definition) is 2. The fraction of sp³-hybridized carbons (Fsp3) is 0.875. The second-order valence-electron chi connectivity index (χ2n) is 5.66. The lowest BCUT2D eigenvalue weighted by Gasteiger charge is -2.15. The lowest BCUT2D eigenvalue weighted by Crippen LogP contribution is -2.42. The van der Waals surface area contributed by atoms with Gasteiger partial charge < -0.3 is 15.4 Å². The van der Waals surface area contributed by atoms with Gasteiger partial charge in [0.25, 0.3) is 0 Å². The summed E-state index contributed by atoms with van der Waals surface area (Å²) in [4.78, 5) is 23.2. The average molecular weight is 300 g/mol. The lowest BCUT2D eigenvalue weighted by atomic mass is 9.99. The molecular weight excluding hydrogens is 268 g/mol. The smallest absolute Gasteiger partial charge is 0.309 e. The first-order chi connectivity index (χ1) is 10.0. The van der Waals surface area contributed by atoms with Gasteiger partial charge >= 0.3 is 11.8 Å². The van der Waals surface area contributed by atoms with Crippen molar-refractivity contribution in [2.45, 2.75) is 65.9 Å². The van der Waals surface area contributed by atoms with Gasteiger partial charge in [0.05, 0.1) is 6.10 Å². The van der Waals surface area contributed by atoms with E-state index in [0.29, 0.717) is 32.0 Å². The minimum absolute atomic E-state index is 0.193. The standard InChI is InChI=1S/C16H32N2O3/c1-5-7-9-14(6-2)12-18-16(20)15(19)17-10-8-11-21-13(3)4/h13-14H,5-12H2,1-4H3,(H,17,19)(H,18,20). The van der Waals surface area contributed by atoms with Gasteiger partial charge in [-0.15, -0.1) is 0 Å². The Hall–Kier alpha value is -1.10. The highest BCUT2D eigenvalue weighted by Crippen LogP contribution is 2.10. The number of rotatable bonds is 11. The fourth-order valence-corrected chi connectivity index (χ4v) is 1.93. The monoisotopic (exact) mass is 300 g/mol. The molecule has 0 aromatic heterocycles. The third kappa shape index (κ3) is 11.3. The molecule has 0 aromatic carbocycles. The van der Waals surface area contributed by atoms with Gasteiger partial charge in [0.1, 0.15) is 0 Å². The summed E-state index contributed by atoms with van der Waals surface area (Å²) in [6.45, 7) is 9.84. The van der Waals surface area contributed by atoms with Crippen molar-refractivity contribution in [1.82, 2.24) is 10.6 Å². The highest BCUT2D eigenvalue weighted by Gasteiger charge is 2.14. The summed E-state index contributed by atoms with van der Waals surface area (Å²) < 4.78 is 5.36. The van der Waals surface area contributed by atoms with Crippen LogP contribution in [-0.2, 0) is 14.3 Å². The van der Waals surface area contributed by atoms with Crippen LogP contribution in [0, 0.1) is 5.92 Å². The molecule has 2 amide bonds. The van der Waals surface area contributed by atoms with Gasteiger partial charge in [-0.25, -0.2) is 0 Å². The van der Waals surface area contributed by atoms with Crippen molar-refractivity contribution in [3.05, 3.63) is 0 Å². The largest absolute Gasteiger partial charge is 0.379 e. The van der Waals surface area contributed by atoms with Crippen LogP contribution in [0.5, 0.6) is 0 Å². The minimum Gasteiger partial charge on any atom is -0.379 e. The Morgan fingerprint density at radius 1 is 1.05 bits per heavy atom. The number of carbonyl (C=O) groups excluding carboxylic acids is 2. The van der Waals surface area contributed by atoms with Crippen LogP contribution in [0.1, 0.15) is 59.8 Å². The Labute approximate surface area is 129 Å². The normalized spacial score (nSPS) is 12.2. The fourth-order valence-electron chi connectivity index (χ4n) is 1.93. The number of unbranched alkanes of at least 4 members (excludes halogenated alkanes) is 1. The van der Waals surface area contributed by atoms with Crippen molar-refractivity contribution in [2.75, 3.05) is 19.7 Å². The molecule has 0 aliphatic rings.